The van der Waals surface area contributed by atoms with Gasteiger partial charge in [-0.2, -0.15) is 5.10 Å². The van der Waals surface area contributed by atoms with Gasteiger partial charge >= 0.3 is 0 Å². The van der Waals surface area contributed by atoms with Crippen molar-refractivity contribution in [3.05, 3.63) is 77.4 Å². The van der Waals surface area contributed by atoms with Gasteiger partial charge in [0.05, 0.1) is 6.20 Å². The van der Waals surface area contributed by atoms with Crippen molar-refractivity contribution in [3.8, 4) is 0 Å². The zero-order chi connectivity index (χ0) is 18.7. The molecule has 0 saturated carbocycles. The van der Waals surface area contributed by atoms with Gasteiger partial charge in [-0.3, -0.25) is 0 Å². The van der Waals surface area contributed by atoms with Gasteiger partial charge in [0.25, 0.3) is 0 Å². The predicted octanol–water partition coefficient (Wildman–Crippen LogP) is 5.08. The number of benzene rings is 1. The molecule has 0 bridgehead atoms. The molecule has 0 fully saturated rings. The van der Waals surface area contributed by atoms with Crippen LogP contribution in [-0.2, 0) is 18.4 Å². The maximum absolute atomic E-state index is 3.46. The lowest BCUT2D eigenvalue weighted by atomic mass is 9.88. The summed E-state index contributed by atoms with van der Waals surface area (Å²) in [7, 11) is 0. The van der Waals surface area contributed by atoms with E-state index in [0.29, 0.717) is 11.8 Å². The van der Waals surface area contributed by atoms with Crippen molar-refractivity contribution < 1.29 is 4.68 Å². The second-order valence-electron chi connectivity index (χ2n) is 8.64. The first-order valence-corrected chi connectivity index (χ1v) is 9.63. The Hall–Kier alpha value is -2.29. The van der Waals surface area contributed by atoms with Crippen LogP contribution in [0.2, 0.25) is 0 Å². The van der Waals surface area contributed by atoms with E-state index in [4.69, 9.17) is 0 Å². The molecule has 0 amide bonds. The zero-order valence-corrected chi connectivity index (χ0v) is 16.7. The lowest BCUT2D eigenvalue weighted by molar-refractivity contribution is -0.752. The molecule has 3 heteroatoms. The van der Waals surface area contributed by atoms with Gasteiger partial charge in [-0.25, -0.2) is 0 Å². The van der Waals surface area contributed by atoms with Crippen LogP contribution in [0, 0.1) is 0 Å². The van der Waals surface area contributed by atoms with Crippen LogP contribution in [0.1, 0.15) is 68.8 Å². The minimum Gasteiger partial charge on any atom is -0.365 e. The van der Waals surface area contributed by atoms with E-state index >= 15 is 0 Å². The van der Waals surface area contributed by atoms with Crippen LogP contribution in [-0.4, -0.2) is 10.1 Å². The summed E-state index contributed by atoms with van der Waals surface area (Å²) in [5.41, 5.74) is 5.62. The van der Waals surface area contributed by atoms with Crippen LogP contribution in [0.4, 0.5) is 0 Å². The summed E-state index contributed by atoms with van der Waals surface area (Å²) in [5, 5.41) is 3.41. The van der Waals surface area contributed by atoms with Crippen LogP contribution in [0.25, 0.3) is 0 Å². The average Bonchev–Trinajstić information content (AvgIpc) is 3.25. The third-order valence-electron chi connectivity index (χ3n) is 5.25. The molecule has 138 valence electrons. The molecule has 3 rings (SSSR count). The van der Waals surface area contributed by atoms with Crippen molar-refractivity contribution in [1.82, 2.24) is 10.1 Å². The van der Waals surface area contributed by atoms with E-state index in [1.54, 1.807) is 0 Å². The molecule has 2 aromatic heterocycles. The molecular formula is C23H32N3+. The topological polar surface area (TPSA) is 35.5 Å². The van der Waals surface area contributed by atoms with Gasteiger partial charge in [0.1, 0.15) is 0 Å². The van der Waals surface area contributed by atoms with Crippen molar-refractivity contribution in [2.75, 3.05) is 0 Å². The molecule has 2 atom stereocenters. The van der Waals surface area contributed by atoms with Gasteiger partial charge in [-0.1, -0.05) is 65.0 Å². The number of nitrogens with zero attached hydrogens (tertiary/aromatic N) is 1. The quantitative estimate of drug-likeness (QED) is 0.582. The molecule has 2 heterocycles. The first-order valence-electron chi connectivity index (χ1n) is 9.63. The van der Waals surface area contributed by atoms with Gasteiger partial charge in [0.2, 0.25) is 0 Å². The van der Waals surface area contributed by atoms with Crippen LogP contribution in [0.3, 0.4) is 0 Å². The average molecular weight is 351 g/mol. The van der Waals surface area contributed by atoms with Gasteiger partial charge < -0.3 is 4.98 Å². The van der Waals surface area contributed by atoms with E-state index in [1.807, 2.05) is 0 Å². The van der Waals surface area contributed by atoms with E-state index in [0.717, 1.165) is 13.0 Å². The lowest BCUT2D eigenvalue weighted by Gasteiger charge is -2.15. The highest BCUT2D eigenvalue weighted by Crippen LogP contribution is 2.25. The van der Waals surface area contributed by atoms with E-state index in [1.165, 1.54) is 22.4 Å². The van der Waals surface area contributed by atoms with E-state index in [-0.39, 0.29) is 5.41 Å². The van der Waals surface area contributed by atoms with Crippen molar-refractivity contribution in [1.29, 1.82) is 0 Å². The Labute approximate surface area is 157 Å². The van der Waals surface area contributed by atoms with Crippen LogP contribution >= 0.6 is 0 Å². The molecule has 1 aromatic carbocycles. The largest absolute Gasteiger partial charge is 0.365 e. The molecule has 0 aliphatic heterocycles. The summed E-state index contributed by atoms with van der Waals surface area (Å²) >= 11 is 0. The summed E-state index contributed by atoms with van der Waals surface area (Å²) < 4.78 is 2.21. The maximum atomic E-state index is 3.46. The molecule has 26 heavy (non-hydrogen) atoms. The fourth-order valence-corrected chi connectivity index (χ4v) is 3.41. The van der Waals surface area contributed by atoms with Crippen LogP contribution < -0.4 is 4.68 Å². The Morgan fingerprint density at radius 3 is 2.35 bits per heavy atom. The van der Waals surface area contributed by atoms with Crippen LogP contribution in [0.5, 0.6) is 0 Å². The summed E-state index contributed by atoms with van der Waals surface area (Å²) in [6.07, 6.45) is 7.59. The minimum absolute atomic E-state index is 0.197. The fraction of sp³-hybridized carbons (Fsp3) is 0.435. The molecule has 0 aliphatic rings. The summed E-state index contributed by atoms with van der Waals surface area (Å²) in [4.78, 5) is 3.46. The van der Waals surface area contributed by atoms with E-state index in [2.05, 4.69) is 104 Å². The third-order valence-corrected chi connectivity index (χ3v) is 5.25. The second-order valence-corrected chi connectivity index (χ2v) is 8.64. The smallest absolute Gasteiger partial charge is 0.198 e. The maximum Gasteiger partial charge on any atom is 0.198 e. The zero-order valence-electron chi connectivity index (χ0n) is 16.7. The fourth-order valence-electron chi connectivity index (χ4n) is 3.41. The summed E-state index contributed by atoms with van der Waals surface area (Å²) in [5.74, 6) is 0.965. The Kier molecular flexibility index (Phi) is 5.36. The lowest BCUT2D eigenvalue weighted by Crippen LogP contribution is -2.37. The Bertz CT molecular complexity index is 821. The normalized spacial score (nSPS) is 14.3. The highest BCUT2D eigenvalue weighted by atomic mass is 15.3. The van der Waals surface area contributed by atoms with Gasteiger partial charge in [-0.15, -0.1) is 4.68 Å². The number of rotatable bonds is 6. The van der Waals surface area contributed by atoms with Gasteiger partial charge in [0.15, 0.2) is 12.7 Å². The number of H-pyrrole nitrogens is 2. The van der Waals surface area contributed by atoms with Crippen LogP contribution in [0.15, 0.2) is 55.0 Å². The Balaban J connectivity index is 1.63. The van der Waals surface area contributed by atoms with Gasteiger partial charge in [-0.05, 0) is 34.9 Å². The highest BCUT2D eigenvalue weighted by molar-refractivity contribution is 5.25. The SMILES string of the molecule is CC(Cc1cc(C(C)(C)C)c[nH]1)c1c[nH][n+](CC(C)c2ccccc2)c1. The number of aromatic amines is 2. The molecule has 0 spiro atoms. The molecule has 2 unspecified atom stereocenters. The van der Waals surface area contributed by atoms with Crippen molar-refractivity contribution in [3.63, 3.8) is 0 Å². The van der Waals surface area contributed by atoms with Crippen molar-refractivity contribution >= 4 is 0 Å². The number of hydrogen-bond donors (Lipinski definition) is 2. The summed E-state index contributed by atoms with van der Waals surface area (Å²) in [6, 6.07) is 13.0. The molecule has 3 aromatic rings. The third kappa shape index (κ3) is 4.46. The molecule has 0 aliphatic carbocycles. The van der Waals surface area contributed by atoms with Crippen molar-refractivity contribution in [2.24, 2.45) is 0 Å². The molecule has 2 N–H and O–H groups in total. The minimum atomic E-state index is 0.197. The summed E-state index contributed by atoms with van der Waals surface area (Å²) in [6.45, 7) is 12.3. The monoisotopic (exact) mass is 350 g/mol. The molecule has 3 nitrogen and oxygen atoms in total. The Morgan fingerprint density at radius 1 is 0.962 bits per heavy atom. The molecular weight excluding hydrogens is 318 g/mol. The molecule has 0 radical (unpaired) electrons. The first-order chi connectivity index (χ1) is 12.3. The number of nitrogens with one attached hydrogen (secondary N) is 2. The predicted molar refractivity (Wildman–Crippen MR) is 107 cm³/mol. The van der Waals surface area contributed by atoms with E-state index in [9.17, 15) is 0 Å². The van der Waals surface area contributed by atoms with Crippen molar-refractivity contribution in [2.45, 2.75) is 64.8 Å². The standard InChI is InChI=1S/C23H31N3/c1-17(11-22-12-21(14-24-22)23(3,4)5)20-13-25-26(16-20)15-18(2)19-9-7-6-8-10-19/h6-10,12-14,16-18,24H,11,15H2,1-5H3/p+1. The Morgan fingerprint density at radius 2 is 1.69 bits per heavy atom. The highest BCUT2D eigenvalue weighted by Gasteiger charge is 2.19. The second kappa shape index (κ2) is 7.53. The van der Waals surface area contributed by atoms with E-state index < -0.39 is 0 Å². The molecule has 0 saturated heterocycles. The van der Waals surface area contributed by atoms with Gasteiger partial charge in [0, 0.05) is 23.4 Å². The number of aromatic nitrogens is 3. The number of hydrogen-bond acceptors (Lipinski definition) is 0. The first kappa shape index (κ1) is 18.5.